The molecule has 0 saturated heterocycles. The number of hydrogen-bond acceptors (Lipinski definition) is 3. The van der Waals surface area contributed by atoms with Crippen molar-refractivity contribution in [3.05, 3.63) is 33.3 Å². The molecule has 0 aliphatic rings. The highest BCUT2D eigenvalue weighted by atomic mass is 35.5. The van der Waals surface area contributed by atoms with Gasteiger partial charge in [0.1, 0.15) is 5.52 Å². The Morgan fingerprint density at radius 3 is 2.88 bits per heavy atom. The van der Waals surface area contributed by atoms with Crippen LogP contribution in [0.2, 0.25) is 5.02 Å². The van der Waals surface area contributed by atoms with Crippen molar-refractivity contribution in [3.63, 3.8) is 0 Å². The molecule has 6 heteroatoms. The molecule has 5 nitrogen and oxygen atoms in total. The summed E-state index contributed by atoms with van der Waals surface area (Å²) < 4.78 is 4.83. The van der Waals surface area contributed by atoms with E-state index < -0.39 is 17.6 Å². The predicted octanol–water partition coefficient (Wildman–Crippen LogP) is 1.96. The molecule has 1 aromatic carbocycles. The lowest BCUT2D eigenvalue weighted by Crippen LogP contribution is -2.07. The van der Waals surface area contributed by atoms with E-state index in [1.807, 2.05) is 0 Å². The van der Waals surface area contributed by atoms with E-state index in [-0.39, 0.29) is 10.6 Å². The van der Waals surface area contributed by atoms with Gasteiger partial charge < -0.3 is 9.52 Å². The molecule has 16 heavy (non-hydrogen) atoms. The number of carbonyl (C=O) groups is 1. The smallest absolute Gasteiger partial charge is 0.417 e. The first-order valence-corrected chi connectivity index (χ1v) is 4.92. The molecule has 1 aromatic heterocycles. The minimum absolute atomic E-state index is 0.264. The number of rotatable bonds is 2. The van der Waals surface area contributed by atoms with Crippen LogP contribution in [0.15, 0.2) is 21.3 Å². The molecule has 0 saturated carbocycles. The summed E-state index contributed by atoms with van der Waals surface area (Å²) in [6.07, 6.45) is 0. The Labute approximate surface area is 94.6 Å². The number of nitrogens with one attached hydrogen (secondary N) is 1. The Kier molecular flexibility index (Phi) is 2.47. The van der Waals surface area contributed by atoms with Crippen molar-refractivity contribution >= 4 is 28.7 Å². The molecule has 2 aromatic rings. The third-order valence-electron chi connectivity index (χ3n) is 2.38. The first-order chi connectivity index (χ1) is 7.49. The first-order valence-electron chi connectivity index (χ1n) is 4.54. The maximum absolute atomic E-state index is 11.0. The molecule has 1 unspecified atom stereocenters. The van der Waals surface area contributed by atoms with Crippen molar-refractivity contribution in [1.82, 2.24) is 4.98 Å². The van der Waals surface area contributed by atoms with Crippen LogP contribution in [0.5, 0.6) is 0 Å². The molecule has 0 aliphatic heterocycles. The molecule has 0 bridgehead atoms. The van der Waals surface area contributed by atoms with Crippen molar-refractivity contribution in [1.29, 1.82) is 0 Å². The Morgan fingerprint density at radius 1 is 1.56 bits per heavy atom. The lowest BCUT2D eigenvalue weighted by atomic mass is 10.0. The predicted molar refractivity (Wildman–Crippen MR) is 57.9 cm³/mol. The van der Waals surface area contributed by atoms with E-state index >= 15 is 0 Å². The summed E-state index contributed by atoms with van der Waals surface area (Å²) in [7, 11) is 0. The quantitative estimate of drug-likeness (QED) is 0.842. The van der Waals surface area contributed by atoms with Crippen LogP contribution in [-0.4, -0.2) is 16.1 Å². The van der Waals surface area contributed by atoms with E-state index in [1.165, 1.54) is 19.1 Å². The number of aromatic amines is 1. The molecular weight excluding hydrogens is 234 g/mol. The molecule has 2 rings (SSSR count). The second kappa shape index (κ2) is 3.68. The van der Waals surface area contributed by atoms with Gasteiger partial charge in [0.05, 0.1) is 10.9 Å². The number of H-pyrrole nitrogens is 1. The number of carboxylic acid groups (broad SMARTS) is 1. The van der Waals surface area contributed by atoms with Gasteiger partial charge in [0.15, 0.2) is 5.58 Å². The summed E-state index contributed by atoms with van der Waals surface area (Å²) in [4.78, 5) is 24.2. The van der Waals surface area contributed by atoms with Gasteiger partial charge >= 0.3 is 11.7 Å². The maximum Gasteiger partial charge on any atom is 0.417 e. The molecule has 2 N–H and O–H groups in total. The summed E-state index contributed by atoms with van der Waals surface area (Å²) >= 11 is 5.90. The minimum atomic E-state index is -0.965. The number of aromatic nitrogens is 1. The van der Waals surface area contributed by atoms with Gasteiger partial charge in [0.25, 0.3) is 0 Å². The van der Waals surface area contributed by atoms with Crippen LogP contribution in [0.4, 0.5) is 0 Å². The van der Waals surface area contributed by atoms with E-state index in [2.05, 4.69) is 4.98 Å². The Hall–Kier alpha value is -1.75. The monoisotopic (exact) mass is 241 g/mol. The van der Waals surface area contributed by atoms with Crippen LogP contribution < -0.4 is 5.76 Å². The van der Waals surface area contributed by atoms with Crippen molar-refractivity contribution < 1.29 is 14.3 Å². The molecule has 84 valence electrons. The highest BCUT2D eigenvalue weighted by molar-refractivity contribution is 6.34. The van der Waals surface area contributed by atoms with Gasteiger partial charge in [0, 0.05) is 0 Å². The summed E-state index contributed by atoms with van der Waals surface area (Å²) in [5, 5.41) is 9.13. The van der Waals surface area contributed by atoms with Crippen molar-refractivity contribution in [2.45, 2.75) is 12.8 Å². The zero-order chi connectivity index (χ0) is 11.9. The molecule has 0 amide bonds. The second-order valence-corrected chi connectivity index (χ2v) is 3.86. The van der Waals surface area contributed by atoms with Gasteiger partial charge in [-0.2, -0.15) is 0 Å². The van der Waals surface area contributed by atoms with Gasteiger partial charge in [-0.15, -0.1) is 0 Å². The number of benzene rings is 1. The third-order valence-corrected chi connectivity index (χ3v) is 2.67. The fraction of sp³-hybridized carbons (Fsp3) is 0.200. The van der Waals surface area contributed by atoms with Gasteiger partial charge in [-0.3, -0.25) is 9.78 Å². The van der Waals surface area contributed by atoms with Crippen LogP contribution in [0.1, 0.15) is 18.4 Å². The average Bonchev–Trinajstić information content (AvgIpc) is 2.57. The first kappa shape index (κ1) is 10.8. The normalized spacial score (nSPS) is 12.9. The average molecular weight is 242 g/mol. The van der Waals surface area contributed by atoms with Crippen molar-refractivity contribution in [2.75, 3.05) is 0 Å². The zero-order valence-electron chi connectivity index (χ0n) is 8.28. The summed E-state index contributed by atoms with van der Waals surface area (Å²) in [5.74, 6) is -2.28. The Bertz CT molecular complexity index is 613. The highest BCUT2D eigenvalue weighted by Gasteiger charge is 2.17. The van der Waals surface area contributed by atoms with Crippen LogP contribution in [0, 0.1) is 0 Å². The van der Waals surface area contributed by atoms with E-state index in [0.717, 1.165) is 0 Å². The van der Waals surface area contributed by atoms with Gasteiger partial charge in [-0.05, 0) is 24.6 Å². The fourth-order valence-corrected chi connectivity index (χ4v) is 1.69. The standard InChI is InChI=1S/C10H8ClNO4/c1-4(9(13)14)5-2-6(11)8-7(3-5)16-10(15)12-8/h2-4H,1H3,(H,12,15)(H,13,14). The fourth-order valence-electron chi connectivity index (χ4n) is 1.42. The second-order valence-electron chi connectivity index (χ2n) is 3.45. The lowest BCUT2D eigenvalue weighted by Gasteiger charge is -2.06. The number of carboxylic acids is 1. The van der Waals surface area contributed by atoms with E-state index in [0.29, 0.717) is 11.1 Å². The summed E-state index contributed by atoms with van der Waals surface area (Å²) in [6.45, 7) is 1.53. The Morgan fingerprint density at radius 2 is 2.25 bits per heavy atom. The molecule has 0 spiro atoms. The molecule has 1 atom stereocenters. The van der Waals surface area contributed by atoms with Gasteiger partial charge in [-0.25, -0.2) is 4.79 Å². The largest absolute Gasteiger partial charge is 0.481 e. The minimum Gasteiger partial charge on any atom is -0.481 e. The van der Waals surface area contributed by atoms with Crippen molar-refractivity contribution in [2.24, 2.45) is 0 Å². The third kappa shape index (κ3) is 1.69. The van der Waals surface area contributed by atoms with Crippen LogP contribution in [0.25, 0.3) is 11.1 Å². The number of hydrogen-bond donors (Lipinski definition) is 2. The molecule has 0 fully saturated rings. The summed E-state index contributed by atoms with van der Waals surface area (Å²) in [6, 6.07) is 3.01. The highest BCUT2D eigenvalue weighted by Crippen LogP contribution is 2.27. The molecule has 1 heterocycles. The summed E-state index contributed by atoms with van der Waals surface area (Å²) in [5.41, 5.74) is 1.14. The van der Waals surface area contributed by atoms with Crippen LogP contribution >= 0.6 is 11.6 Å². The zero-order valence-corrected chi connectivity index (χ0v) is 9.04. The SMILES string of the molecule is CC(C(=O)O)c1cc(Cl)c2[nH]c(=O)oc2c1. The Balaban J connectivity index is 2.66. The van der Waals surface area contributed by atoms with Crippen LogP contribution in [0.3, 0.4) is 0 Å². The molecule has 0 radical (unpaired) electrons. The van der Waals surface area contributed by atoms with E-state index in [4.69, 9.17) is 21.1 Å². The topological polar surface area (TPSA) is 83.3 Å². The number of oxazole rings is 1. The lowest BCUT2D eigenvalue weighted by molar-refractivity contribution is -0.138. The number of halogens is 1. The van der Waals surface area contributed by atoms with Gasteiger partial charge in [-0.1, -0.05) is 11.6 Å². The van der Waals surface area contributed by atoms with Crippen LogP contribution in [-0.2, 0) is 4.79 Å². The maximum atomic E-state index is 11.0. The molecule has 0 aliphatic carbocycles. The van der Waals surface area contributed by atoms with E-state index in [9.17, 15) is 9.59 Å². The van der Waals surface area contributed by atoms with Gasteiger partial charge in [0.2, 0.25) is 0 Å². The van der Waals surface area contributed by atoms with Crippen molar-refractivity contribution in [3.8, 4) is 0 Å². The number of fused-ring (bicyclic) bond motifs is 1. The number of aliphatic carboxylic acids is 1. The van der Waals surface area contributed by atoms with E-state index in [1.54, 1.807) is 0 Å². The molecular formula is C10H8ClNO4.